The van der Waals surface area contributed by atoms with Crippen molar-refractivity contribution in [1.29, 1.82) is 0 Å². The Balaban J connectivity index is 1.81. The smallest absolute Gasteiger partial charge is 0.311 e. The van der Waals surface area contributed by atoms with E-state index in [0.717, 1.165) is 17.1 Å². The lowest BCUT2D eigenvalue weighted by molar-refractivity contribution is -0.142. The molecule has 2 aromatic rings. The van der Waals surface area contributed by atoms with E-state index in [1.54, 1.807) is 6.92 Å². The standard InChI is InChI=1S/C23H25N3O3S/c1-3-20(23(28)25-16-10-6-5-7-11-16)30-21-14-17(15-22(27)29-4-2)24-18-12-8-9-13-19(18)26-21/h5-14,20,24H,3-4,15H2,1-2H3,(H,25,28)/t20-/m1/s1. The van der Waals surface area contributed by atoms with Crippen molar-refractivity contribution in [2.75, 3.05) is 17.2 Å². The number of rotatable bonds is 7. The normalized spacial score (nSPS) is 13.7. The predicted molar refractivity (Wildman–Crippen MR) is 123 cm³/mol. The summed E-state index contributed by atoms with van der Waals surface area (Å²) in [5, 5.41) is 6.57. The largest absolute Gasteiger partial charge is 0.466 e. The molecule has 30 heavy (non-hydrogen) atoms. The molecule has 2 aromatic carbocycles. The molecule has 7 heteroatoms. The maximum atomic E-state index is 12.8. The van der Waals surface area contributed by atoms with Crippen molar-refractivity contribution in [1.82, 2.24) is 0 Å². The Morgan fingerprint density at radius 2 is 1.83 bits per heavy atom. The highest BCUT2D eigenvalue weighted by atomic mass is 32.2. The summed E-state index contributed by atoms with van der Waals surface area (Å²) in [5.74, 6) is -0.393. The van der Waals surface area contributed by atoms with Crippen molar-refractivity contribution >= 4 is 45.7 Å². The Bertz CT molecular complexity index is 957. The van der Waals surface area contributed by atoms with E-state index in [2.05, 4.69) is 10.6 Å². The summed E-state index contributed by atoms with van der Waals surface area (Å²) in [6.07, 6.45) is 2.56. The van der Waals surface area contributed by atoms with Crippen LogP contribution in [-0.2, 0) is 14.3 Å². The fraction of sp³-hybridized carbons (Fsp3) is 0.261. The Kier molecular flexibility index (Phi) is 7.68. The van der Waals surface area contributed by atoms with Crippen LogP contribution in [-0.4, -0.2) is 28.8 Å². The molecule has 1 heterocycles. The minimum Gasteiger partial charge on any atom is -0.466 e. The number of thioether (sulfide) groups is 1. The van der Waals surface area contributed by atoms with Gasteiger partial charge in [-0.25, -0.2) is 4.99 Å². The van der Waals surface area contributed by atoms with Gasteiger partial charge in [0.2, 0.25) is 5.91 Å². The number of carbonyl (C=O) groups is 2. The first kappa shape index (κ1) is 21.6. The summed E-state index contributed by atoms with van der Waals surface area (Å²) in [5.41, 5.74) is 3.01. The van der Waals surface area contributed by atoms with Crippen LogP contribution in [0.3, 0.4) is 0 Å². The maximum absolute atomic E-state index is 12.8. The van der Waals surface area contributed by atoms with E-state index >= 15 is 0 Å². The summed E-state index contributed by atoms with van der Waals surface area (Å²) in [7, 11) is 0. The molecule has 0 aliphatic carbocycles. The lowest BCUT2D eigenvalue weighted by atomic mass is 10.2. The zero-order valence-corrected chi connectivity index (χ0v) is 17.9. The number of nitrogens with zero attached hydrogens (tertiary/aromatic N) is 1. The topological polar surface area (TPSA) is 79.8 Å². The third-order valence-corrected chi connectivity index (χ3v) is 5.62. The van der Waals surface area contributed by atoms with E-state index < -0.39 is 0 Å². The molecule has 1 atom stereocenters. The Morgan fingerprint density at radius 1 is 1.10 bits per heavy atom. The summed E-state index contributed by atoms with van der Waals surface area (Å²) in [4.78, 5) is 29.5. The van der Waals surface area contributed by atoms with Gasteiger partial charge in [0.1, 0.15) is 0 Å². The molecule has 0 radical (unpaired) electrons. The van der Waals surface area contributed by atoms with Crippen LogP contribution in [0, 0.1) is 0 Å². The quantitative estimate of drug-likeness (QED) is 0.604. The second-order valence-corrected chi connectivity index (χ2v) is 7.84. The van der Waals surface area contributed by atoms with E-state index in [1.165, 1.54) is 11.8 Å². The first-order valence-corrected chi connectivity index (χ1v) is 10.8. The lowest BCUT2D eigenvalue weighted by Crippen LogP contribution is -2.25. The Morgan fingerprint density at radius 3 is 2.57 bits per heavy atom. The molecule has 0 saturated carbocycles. The van der Waals surface area contributed by atoms with Gasteiger partial charge in [0.25, 0.3) is 0 Å². The second-order valence-electron chi connectivity index (χ2n) is 6.61. The summed E-state index contributed by atoms with van der Waals surface area (Å²) >= 11 is 1.38. The first-order chi connectivity index (χ1) is 14.6. The summed E-state index contributed by atoms with van der Waals surface area (Å²) in [6, 6.07) is 17.0. The highest BCUT2D eigenvalue weighted by Crippen LogP contribution is 2.32. The molecule has 2 N–H and O–H groups in total. The number of anilines is 2. The number of hydrogen-bond acceptors (Lipinski definition) is 6. The number of carbonyl (C=O) groups excluding carboxylic acids is 2. The molecule has 6 nitrogen and oxygen atoms in total. The van der Waals surface area contributed by atoms with Crippen LogP contribution in [0.2, 0.25) is 0 Å². The second kappa shape index (κ2) is 10.6. The number of esters is 1. The number of nitrogens with one attached hydrogen (secondary N) is 2. The molecular weight excluding hydrogens is 398 g/mol. The van der Waals surface area contributed by atoms with E-state index in [0.29, 0.717) is 23.8 Å². The maximum Gasteiger partial charge on any atom is 0.311 e. The molecule has 0 spiro atoms. The number of benzene rings is 2. The predicted octanol–water partition coefficient (Wildman–Crippen LogP) is 5.13. The molecule has 3 rings (SSSR count). The third-order valence-electron chi connectivity index (χ3n) is 4.34. The van der Waals surface area contributed by atoms with Gasteiger partial charge in [-0.05, 0) is 43.7 Å². The zero-order valence-electron chi connectivity index (χ0n) is 17.1. The van der Waals surface area contributed by atoms with Gasteiger partial charge >= 0.3 is 5.97 Å². The van der Waals surface area contributed by atoms with Crippen LogP contribution in [0.5, 0.6) is 0 Å². The van der Waals surface area contributed by atoms with Gasteiger partial charge in [-0.1, -0.05) is 49.0 Å². The van der Waals surface area contributed by atoms with E-state index in [4.69, 9.17) is 9.73 Å². The molecular formula is C23H25N3O3S. The van der Waals surface area contributed by atoms with Gasteiger partial charge in [0, 0.05) is 11.4 Å². The van der Waals surface area contributed by atoms with Crippen LogP contribution in [0.4, 0.5) is 17.1 Å². The average molecular weight is 424 g/mol. The fourth-order valence-corrected chi connectivity index (χ4v) is 3.91. The molecule has 0 unspecified atom stereocenters. The van der Waals surface area contributed by atoms with E-state index in [-0.39, 0.29) is 23.5 Å². The molecule has 1 aliphatic rings. The van der Waals surface area contributed by atoms with E-state index in [9.17, 15) is 9.59 Å². The summed E-state index contributed by atoms with van der Waals surface area (Å²) in [6.45, 7) is 4.08. The molecule has 0 aromatic heterocycles. The molecule has 1 amide bonds. The summed E-state index contributed by atoms with van der Waals surface area (Å²) < 4.78 is 5.08. The average Bonchev–Trinajstić information content (AvgIpc) is 2.91. The van der Waals surface area contributed by atoms with Crippen LogP contribution >= 0.6 is 11.8 Å². The highest BCUT2D eigenvalue weighted by molar-refractivity contribution is 8.15. The van der Waals surface area contributed by atoms with Crippen molar-refractivity contribution < 1.29 is 14.3 Å². The number of amides is 1. The molecule has 1 aliphatic heterocycles. The van der Waals surface area contributed by atoms with Gasteiger partial charge in [0.05, 0.1) is 34.7 Å². The van der Waals surface area contributed by atoms with Crippen molar-refractivity contribution in [3.8, 4) is 0 Å². The minimum absolute atomic E-state index is 0.0813. The Labute approximate surface area is 180 Å². The molecule has 0 saturated heterocycles. The number of hydrogen-bond donors (Lipinski definition) is 2. The number of para-hydroxylation sites is 3. The first-order valence-electron chi connectivity index (χ1n) is 9.92. The zero-order chi connectivity index (χ0) is 21.3. The minimum atomic E-state index is -0.325. The van der Waals surface area contributed by atoms with Gasteiger partial charge < -0.3 is 15.4 Å². The molecule has 0 bridgehead atoms. The van der Waals surface area contributed by atoms with Crippen LogP contribution < -0.4 is 10.6 Å². The van der Waals surface area contributed by atoms with Crippen molar-refractivity contribution in [2.24, 2.45) is 4.99 Å². The third kappa shape index (κ3) is 5.97. The van der Waals surface area contributed by atoms with E-state index in [1.807, 2.05) is 67.6 Å². The number of aliphatic imine (C=N–C) groups is 1. The highest BCUT2D eigenvalue weighted by Gasteiger charge is 2.22. The van der Waals surface area contributed by atoms with Crippen molar-refractivity contribution in [3.05, 3.63) is 66.4 Å². The number of ether oxygens (including phenoxy) is 1. The molecule has 156 valence electrons. The van der Waals surface area contributed by atoms with Gasteiger partial charge in [0.15, 0.2) is 0 Å². The van der Waals surface area contributed by atoms with Crippen LogP contribution in [0.15, 0.2) is 71.4 Å². The van der Waals surface area contributed by atoms with Gasteiger partial charge in [-0.2, -0.15) is 0 Å². The lowest BCUT2D eigenvalue weighted by Gasteiger charge is -2.15. The van der Waals surface area contributed by atoms with Gasteiger partial charge in [-0.15, -0.1) is 0 Å². The fourth-order valence-electron chi connectivity index (χ4n) is 2.92. The number of fused-ring (bicyclic) bond motifs is 1. The van der Waals surface area contributed by atoms with Crippen LogP contribution in [0.1, 0.15) is 26.7 Å². The Hall–Kier alpha value is -3.06. The van der Waals surface area contributed by atoms with Crippen LogP contribution in [0.25, 0.3) is 0 Å². The van der Waals surface area contributed by atoms with Crippen molar-refractivity contribution in [2.45, 2.75) is 31.9 Å². The van der Waals surface area contributed by atoms with Gasteiger partial charge in [-0.3, -0.25) is 9.59 Å². The molecule has 0 fully saturated rings. The monoisotopic (exact) mass is 423 g/mol. The van der Waals surface area contributed by atoms with Crippen molar-refractivity contribution in [3.63, 3.8) is 0 Å². The SMILES string of the molecule is CCOC(=O)CC1=CC(S[C@H](CC)C(=O)Nc2ccccc2)=Nc2ccccc2N1.